The van der Waals surface area contributed by atoms with Crippen LogP contribution in [0.2, 0.25) is 0 Å². The zero-order chi connectivity index (χ0) is 23.1. The second kappa shape index (κ2) is 8.18. The lowest BCUT2D eigenvalue weighted by Gasteiger charge is -2.23. The summed E-state index contributed by atoms with van der Waals surface area (Å²) in [6.45, 7) is 1.94. The Hall–Kier alpha value is -3.97. The molecule has 0 bridgehead atoms. The van der Waals surface area contributed by atoms with Crippen LogP contribution in [0.3, 0.4) is 0 Å². The van der Waals surface area contributed by atoms with Gasteiger partial charge in [0, 0.05) is 5.56 Å². The molecule has 1 amide bonds. The number of methoxy groups -OCH3 is 1. The van der Waals surface area contributed by atoms with Crippen LogP contribution in [0.15, 0.2) is 78.4 Å². The number of aromatic nitrogens is 1. The molecule has 1 fully saturated rings. The number of ether oxygens (including phenoxy) is 1. The number of aryl methyl sites for hydroxylation is 1. The van der Waals surface area contributed by atoms with E-state index in [2.05, 4.69) is 4.98 Å². The summed E-state index contributed by atoms with van der Waals surface area (Å²) in [5.74, 6) is -1.11. The Balaban J connectivity index is 1.74. The highest BCUT2D eigenvalue weighted by Crippen LogP contribution is 2.44. The Labute approximate surface area is 194 Å². The second-order valence-corrected chi connectivity index (χ2v) is 8.79. The van der Waals surface area contributed by atoms with Gasteiger partial charge in [-0.2, -0.15) is 0 Å². The van der Waals surface area contributed by atoms with E-state index in [-0.39, 0.29) is 11.3 Å². The van der Waals surface area contributed by atoms with E-state index in [0.717, 1.165) is 15.8 Å². The topological polar surface area (TPSA) is 79.7 Å². The number of amides is 1. The number of fused-ring (bicyclic) bond motifs is 1. The Kier molecular flexibility index (Phi) is 5.18. The molecule has 5 rings (SSSR count). The first-order valence-electron chi connectivity index (χ1n) is 10.4. The van der Waals surface area contributed by atoms with Gasteiger partial charge in [-0.3, -0.25) is 14.5 Å². The molecule has 0 spiro atoms. The van der Waals surface area contributed by atoms with E-state index in [1.54, 1.807) is 37.4 Å². The molecule has 1 aromatic heterocycles. The first-order chi connectivity index (χ1) is 16.0. The molecule has 1 saturated heterocycles. The number of benzene rings is 3. The first kappa shape index (κ1) is 20.9. The highest BCUT2D eigenvalue weighted by Gasteiger charge is 2.48. The maximum absolute atomic E-state index is 13.3. The molecule has 164 valence electrons. The van der Waals surface area contributed by atoms with Gasteiger partial charge in [-0.1, -0.05) is 65.4 Å². The van der Waals surface area contributed by atoms with Gasteiger partial charge in [0.2, 0.25) is 0 Å². The quantitative estimate of drug-likeness (QED) is 0.258. The Bertz CT molecular complexity index is 1390. The largest absolute Gasteiger partial charge is 0.507 e. The highest BCUT2D eigenvalue weighted by atomic mass is 32.1. The molecule has 0 aliphatic carbocycles. The Morgan fingerprint density at radius 1 is 1.03 bits per heavy atom. The third kappa shape index (κ3) is 3.56. The molecular weight excluding hydrogens is 436 g/mol. The number of aliphatic hydroxyl groups is 1. The number of hydrogen-bond acceptors (Lipinski definition) is 6. The zero-order valence-corrected chi connectivity index (χ0v) is 18.8. The monoisotopic (exact) mass is 456 g/mol. The molecule has 1 N–H and O–H groups in total. The van der Waals surface area contributed by atoms with Crippen molar-refractivity contribution in [2.45, 2.75) is 13.0 Å². The standard InChI is InChI=1S/C26H20N2O4S/c1-15-10-12-16(13-11-15)23(29)21-22(17-6-5-7-18(14-17)32-2)28(25(31)24(21)30)26-27-19-8-3-4-9-20(19)33-26/h3-14,22,29H,1-2H3/t22-/m1/s1. The van der Waals surface area contributed by atoms with Crippen LogP contribution in [0.4, 0.5) is 5.13 Å². The number of anilines is 1. The normalized spacial score (nSPS) is 17.6. The summed E-state index contributed by atoms with van der Waals surface area (Å²) in [6.07, 6.45) is 0. The van der Waals surface area contributed by atoms with Crippen LogP contribution in [-0.4, -0.2) is 28.9 Å². The van der Waals surface area contributed by atoms with Gasteiger partial charge in [0.05, 0.1) is 28.9 Å². The number of thiazole rings is 1. The minimum absolute atomic E-state index is 0.0244. The maximum Gasteiger partial charge on any atom is 0.301 e. The van der Waals surface area contributed by atoms with E-state index in [0.29, 0.717) is 22.0 Å². The molecule has 7 heteroatoms. The summed E-state index contributed by atoms with van der Waals surface area (Å²) >= 11 is 1.33. The number of hydrogen-bond donors (Lipinski definition) is 1. The molecular formula is C26H20N2O4S. The molecule has 2 heterocycles. The fraction of sp³-hybridized carbons (Fsp3) is 0.115. The lowest BCUT2D eigenvalue weighted by molar-refractivity contribution is -0.132. The van der Waals surface area contributed by atoms with E-state index in [4.69, 9.17) is 4.74 Å². The Morgan fingerprint density at radius 3 is 2.52 bits per heavy atom. The summed E-state index contributed by atoms with van der Waals surface area (Å²) in [6, 6.07) is 21.0. The zero-order valence-electron chi connectivity index (χ0n) is 18.0. The number of para-hydroxylation sites is 1. The van der Waals surface area contributed by atoms with Crippen LogP contribution in [0.5, 0.6) is 5.75 Å². The fourth-order valence-corrected chi connectivity index (χ4v) is 4.98. The molecule has 4 aromatic rings. The van der Waals surface area contributed by atoms with Gasteiger partial charge in [0.25, 0.3) is 5.78 Å². The van der Waals surface area contributed by atoms with Crippen molar-refractivity contribution >= 4 is 44.1 Å². The van der Waals surface area contributed by atoms with Crippen molar-refractivity contribution in [3.8, 4) is 5.75 Å². The molecule has 33 heavy (non-hydrogen) atoms. The SMILES string of the molecule is COc1cccc([C@@H]2C(=C(O)c3ccc(C)cc3)C(=O)C(=O)N2c2nc3ccccc3s2)c1. The van der Waals surface area contributed by atoms with Crippen molar-refractivity contribution in [1.82, 2.24) is 4.98 Å². The summed E-state index contributed by atoms with van der Waals surface area (Å²) in [5, 5.41) is 11.6. The van der Waals surface area contributed by atoms with Crippen molar-refractivity contribution in [3.63, 3.8) is 0 Å². The van der Waals surface area contributed by atoms with Gasteiger partial charge in [-0.25, -0.2) is 4.98 Å². The average Bonchev–Trinajstić information content (AvgIpc) is 3.37. The highest BCUT2D eigenvalue weighted by molar-refractivity contribution is 7.22. The van der Waals surface area contributed by atoms with Gasteiger partial charge in [0.1, 0.15) is 11.5 Å². The summed E-state index contributed by atoms with van der Waals surface area (Å²) < 4.78 is 6.27. The third-order valence-corrected chi connectivity index (χ3v) is 6.70. The predicted octanol–water partition coefficient (Wildman–Crippen LogP) is 5.24. The van der Waals surface area contributed by atoms with Crippen molar-refractivity contribution in [2.24, 2.45) is 0 Å². The third-order valence-electron chi connectivity index (χ3n) is 5.67. The first-order valence-corrected chi connectivity index (χ1v) is 11.2. The molecule has 0 saturated carbocycles. The molecule has 0 radical (unpaired) electrons. The van der Waals surface area contributed by atoms with E-state index in [1.165, 1.54) is 16.2 Å². The molecule has 1 aliphatic rings. The van der Waals surface area contributed by atoms with Crippen LogP contribution in [-0.2, 0) is 9.59 Å². The lowest BCUT2D eigenvalue weighted by Crippen LogP contribution is -2.29. The van der Waals surface area contributed by atoms with Crippen molar-refractivity contribution in [2.75, 3.05) is 12.0 Å². The van der Waals surface area contributed by atoms with E-state index in [1.807, 2.05) is 49.4 Å². The van der Waals surface area contributed by atoms with E-state index >= 15 is 0 Å². The minimum Gasteiger partial charge on any atom is -0.507 e. The maximum atomic E-state index is 13.3. The number of carbonyl (C=O) groups is 2. The number of nitrogens with zero attached hydrogens (tertiary/aromatic N) is 2. The molecule has 3 aromatic carbocycles. The second-order valence-electron chi connectivity index (χ2n) is 7.78. The number of aliphatic hydroxyl groups excluding tert-OH is 1. The average molecular weight is 457 g/mol. The Morgan fingerprint density at radius 2 is 1.79 bits per heavy atom. The van der Waals surface area contributed by atoms with E-state index in [9.17, 15) is 14.7 Å². The van der Waals surface area contributed by atoms with Crippen molar-refractivity contribution in [1.29, 1.82) is 0 Å². The van der Waals surface area contributed by atoms with Crippen LogP contribution < -0.4 is 9.64 Å². The van der Waals surface area contributed by atoms with Gasteiger partial charge >= 0.3 is 5.91 Å². The summed E-state index contributed by atoms with van der Waals surface area (Å²) in [5.41, 5.74) is 2.89. The molecule has 0 unspecified atom stereocenters. The minimum atomic E-state index is -0.845. The van der Waals surface area contributed by atoms with Gasteiger partial charge in [-0.05, 0) is 36.8 Å². The molecule has 1 aliphatic heterocycles. The van der Waals surface area contributed by atoms with Crippen molar-refractivity contribution in [3.05, 3.63) is 95.1 Å². The van der Waals surface area contributed by atoms with Crippen LogP contribution in [0.25, 0.3) is 16.0 Å². The summed E-state index contributed by atoms with van der Waals surface area (Å²) in [4.78, 5) is 32.5. The van der Waals surface area contributed by atoms with Gasteiger partial charge in [-0.15, -0.1) is 0 Å². The number of Topliss-reactive ketones (excluding diaryl/α,β-unsaturated/α-hetero) is 1. The number of rotatable bonds is 4. The fourth-order valence-electron chi connectivity index (χ4n) is 3.99. The smallest absolute Gasteiger partial charge is 0.301 e. The molecule has 1 atom stereocenters. The molecule has 6 nitrogen and oxygen atoms in total. The van der Waals surface area contributed by atoms with Gasteiger partial charge < -0.3 is 9.84 Å². The predicted molar refractivity (Wildman–Crippen MR) is 129 cm³/mol. The van der Waals surface area contributed by atoms with Crippen LogP contribution >= 0.6 is 11.3 Å². The number of ketones is 1. The van der Waals surface area contributed by atoms with Gasteiger partial charge in [0.15, 0.2) is 5.13 Å². The lowest BCUT2D eigenvalue weighted by atomic mass is 9.95. The van der Waals surface area contributed by atoms with Crippen LogP contribution in [0.1, 0.15) is 22.7 Å². The van der Waals surface area contributed by atoms with E-state index < -0.39 is 17.7 Å². The summed E-state index contributed by atoms with van der Waals surface area (Å²) in [7, 11) is 1.55. The van der Waals surface area contributed by atoms with Crippen molar-refractivity contribution < 1.29 is 19.4 Å². The van der Waals surface area contributed by atoms with Crippen LogP contribution in [0, 0.1) is 6.92 Å². The number of carbonyl (C=O) groups excluding carboxylic acids is 2.